The van der Waals surface area contributed by atoms with Gasteiger partial charge in [-0.1, -0.05) is 22.9 Å². The van der Waals surface area contributed by atoms with E-state index in [1.165, 1.54) is 24.3 Å². The Morgan fingerprint density at radius 2 is 2.06 bits per heavy atom. The molecule has 1 saturated heterocycles. The molecular weight excluding hydrogens is 286 g/mol. The molecule has 1 aliphatic rings. The van der Waals surface area contributed by atoms with Crippen molar-refractivity contribution in [1.29, 1.82) is 0 Å². The second kappa shape index (κ2) is 6.29. The standard InChI is InChI=1S/C12H22BrNOS/c1-9(13)12(2,3)14-11(15)8-10-4-6-16-7-5-10/h9-10H,4-8H2,1-3H3,(H,14,15). The fourth-order valence-electron chi connectivity index (χ4n) is 1.72. The van der Waals surface area contributed by atoms with Crippen molar-refractivity contribution in [3.63, 3.8) is 0 Å². The summed E-state index contributed by atoms with van der Waals surface area (Å²) in [6.45, 7) is 6.18. The second-order valence-corrected chi connectivity index (χ2v) is 7.74. The smallest absolute Gasteiger partial charge is 0.220 e. The van der Waals surface area contributed by atoms with Crippen LogP contribution < -0.4 is 5.32 Å². The van der Waals surface area contributed by atoms with Crippen LogP contribution in [0.3, 0.4) is 0 Å². The van der Waals surface area contributed by atoms with Crippen LogP contribution in [-0.2, 0) is 4.79 Å². The van der Waals surface area contributed by atoms with Crippen LogP contribution in [0.4, 0.5) is 0 Å². The van der Waals surface area contributed by atoms with Crippen LogP contribution in [-0.4, -0.2) is 27.8 Å². The Morgan fingerprint density at radius 3 is 2.56 bits per heavy atom. The Hall–Kier alpha value is 0.300. The van der Waals surface area contributed by atoms with Crippen molar-refractivity contribution in [2.45, 2.75) is 50.4 Å². The molecule has 1 atom stereocenters. The van der Waals surface area contributed by atoms with E-state index in [1.54, 1.807) is 0 Å². The maximum absolute atomic E-state index is 11.9. The summed E-state index contributed by atoms with van der Waals surface area (Å²) in [5.41, 5.74) is -0.166. The summed E-state index contributed by atoms with van der Waals surface area (Å²) < 4.78 is 0. The van der Waals surface area contributed by atoms with E-state index in [-0.39, 0.29) is 16.3 Å². The van der Waals surface area contributed by atoms with Gasteiger partial charge in [0.15, 0.2) is 0 Å². The lowest BCUT2D eigenvalue weighted by Crippen LogP contribution is -2.49. The zero-order valence-corrected chi connectivity index (χ0v) is 12.8. The Bertz CT molecular complexity index is 237. The molecule has 94 valence electrons. The first-order valence-electron chi connectivity index (χ1n) is 5.94. The number of hydrogen-bond donors (Lipinski definition) is 1. The van der Waals surface area contributed by atoms with Gasteiger partial charge in [0.25, 0.3) is 0 Å². The van der Waals surface area contributed by atoms with Crippen molar-refractivity contribution in [3.05, 3.63) is 0 Å². The lowest BCUT2D eigenvalue weighted by molar-refractivity contribution is -0.123. The molecule has 0 bridgehead atoms. The molecular formula is C12H22BrNOS. The molecule has 1 N–H and O–H groups in total. The largest absolute Gasteiger partial charge is 0.350 e. The average Bonchev–Trinajstić information content (AvgIpc) is 2.17. The molecule has 4 heteroatoms. The average molecular weight is 308 g/mol. The van der Waals surface area contributed by atoms with E-state index in [1.807, 2.05) is 11.8 Å². The fourth-order valence-corrected chi connectivity index (χ4v) is 3.04. The Balaban J connectivity index is 2.34. The van der Waals surface area contributed by atoms with Gasteiger partial charge in [-0.15, -0.1) is 0 Å². The van der Waals surface area contributed by atoms with Crippen LogP contribution in [0.5, 0.6) is 0 Å². The number of hydrogen-bond acceptors (Lipinski definition) is 2. The lowest BCUT2D eigenvalue weighted by Gasteiger charge is -2.30. The first-order chi connectivity index (χ1) is 7.42. The predicted molar refractivity (Wildman–Crippen MR) is 75.3 cm³/mol. The number of alkyl halides is 1. The molecule has 0 aromatic rings. The minimum atomic E-state index is -0.166. The maximum Gasteiger partial charge on any atom is 0.220 e. The van der Waals surface area contributed by atoms with Crippen molar-refractivity contribution < 1.29 is 4.79 Å². The van der Waals surface area contributed by atoms with E-state index < -0.39 is 0 Å². The van der Waals surface area contributed by atoms with Gasteiger partial charge in [0.05, 0.1) is 0 Å². The van der Waals surface area contributed by atoms with Crippen LogP contribution in [0.1, 0.15) is 40.0 Å². The number of carbonyl (C=O) groups is 1. The first-order valence-corrected chi connectivity index (χ1v) is 8.01. The van der Waals surface area contributed by atoms with Crippen molar-refractivity contribution in [1.82, 2.24) is 5.32 Å². The van der Waals surface area contributed by atoms with Crippen LogP contribution >= 0.6 is 27.7 Å². The molecule has 0 spiro atoms. The molecule has 1 aliphatic heterocycles. The predicted octanol–water partition coefficient (Wildman–Crippen LogP) is 3.20. The van der Waals surface area contributed by atoms with Crippen LogP contribution in [0.25, 0.3) is 0 Å². The van der Waals surface area contributed by atoms with E-state index in [0.717, 1.165) is 0 Å². The monoisotopic (exact) mass is 307 g/mol. The highest BCUT2D eigenvalue weighted by atomic mass is 79.9. The summed E-state index contributed by atoms with van der Waals surface area (Å²) in [7, 11) is 0. The molecule has 0 saturated carbocycles. The third-order valence-electron chi connectivity index (χ3n) is 3.27. The lowest BCUT2D eigenvalue weighted by atomic mass is 9.96. The number of halogens is 1. The van der Waals surface area contributed by atoms with Gasteiger partial charge in [-0.2, -0.15) is 11.8 Å². The normalized spacial score (nSPS) is 20.5. The van der Waals surface area contributed by atoms with Crippen molar-refractivity contribution in [2.75, 3.05) is 11.5 Å². The topological polar surface area (TPSA) is 29.1 Å². The van der Waals surface area contributed by atoms with Gasteiger partial charge in [-0.3, -0.25) is 4.79 Å². The van der Waals surface area contributed by atoms with Gasteiger partial charge in [0, 0.05) is 16.8 Å². The van der Waals surface area contributed by atoms with E-state index >= 15 is 0 Å². The van der Waals surface area contributed by atoms with Gasteiger partial charge < -0.3 is 5.32 Å². The summed E-state index contributed by atoms with van der Waals surface area (Å²) in [4.78, 5) is 12.2. The number of nitrogens with one attached hydrogen (secondary N) is 1. The summed E-state index contributed by atoms with van der Waals surface area (Å²) in [6.07, 6.45) is 3.09. The van der Waals surface area contributed by atoms with Gasteiger partial charge >= 0.3 is 0 Å². The number of thioether (sulfide) groups is 1. The summed E-state index contributed by atoms with van der Waals surface area (Å²) >= 11 is 5.54. The highest BCUT2D eigenvalue weighted by Gasteiger charge is 2.27. The molecule has 1 fully saturated rings. The summed E-state index contributed by atoms with van der Waals surface area (Å²) in [5.74, 6) is 3.24. The minimum absolute atomic E-state index is 0.166. The SMILES string of the molecule is CC(Br)C(C)(C)NC(=O)CC1CCSCC1. The van der Waals surface area contributed by atoms with Crippen molar-refractivity contribution in [3.8, 4) is 0 Å². The highest BCUT2D eigenvalue weighted by Crippen LogP contribution is 2.25. The van der Waals surface area contributed by atoms with E-state index in [4.69, 9.17) is 0 Å². The van der Waals surface area contributed by atoms with Gasteiger partial charge in [-0.05, 0) is 44.1 Å². The fraction of sp³-hybridized carbons (Fsp3) is 0.917. The van der Waals surface area contributed by atoms with Crippen LogP contribution in [0.15, 0.2) is 0 Å². The van der Waals surface area contributed by atoms with Crippen LogP contribution in [0.2, 0.25) is 0 Å². The maximum atomic E-state index is 11.9. The third-order valence-corrected chi connectivity index (χ3v) is 5.46. The molecule has 0 aliphatic carbocycles. The molecule has 1 heterocycles. The molecule has 1 unspecified atom stereocenters. The van der Waals surface area contributed by atoms with E-state index in [9.17, 15) is 4.79 Å². The van der Waals surface area contributed by atoms with Gasteiger partial charge in [0.2, 0.25) is 5.91 Å². The zero-order chi connectivity index (χ0) is 12.2. The number of carbonyl (C=O) groups excluding carboxylic acids is 1. The Kier molecular flexibility index (Phi) is 5.65. The Labute approximate surface area is 111 Å². The van der Waals surface area contributed by atoms with Crippen LogP contribution in [0, 0.1) is 5.92 Å². The molecule has 2 nitrogen and oxygen atoms in total. The van der Waals surface area contributed by atoms with Gasteiger partial charge in [0.1, 0.15) is 0 Å². The molecule has 0 aromatic carbocycles. The zero-order valence-electron chi connectivity index (χ0n) is 10.4. The number of amides is 1. The van der Waals surface area contributed by atoms with E-state index in [0.29, 0.717) is 12.3 Å². The molecule has 1 amide bonds. The second-order valence-electron chi connectivity index (χ2n) is 5.15. The Morgan fingerprint density at radius 1 is 1.50 bits per heavy atom. The highest BCUT2D eigenvalue weighted by molar-refractivity contribution is 9.09. The van der Waals surface area contributed by atoms with Gasteiger partial charge in [-0.25, -0.2) is 0 Å². The summed E-state index contributed by atoms with van der Waals surface area (Å²) in [5, 5.41) is 3.11. The molecule has 0 radical (unpaired) electrons. The third kappa shape index (κ3) is 4.66. The molecule has 16 heavy (non-hydrogen) atoms. The quantitative estimate of drug-likeness (QED) is 0.808. The number of rotatable bonds is 4. The first kappa shape index (κ1) is 14.4. The van der Waals surface area contributed by atoms with E-state index in [2.05, 4.69) is 42.0 Å². The summed E-state index contributed by atoms with van der Waals surface area (Å²) in [6, 6.07) is 0. The molecule has 0 aromatic heterocycles. The minimum Gasteiger partial charge on any atom is -0.350 e. The van der Waals surface area contributed by atoms with Crippen molar-refractivity contribution in [2.24, 2.45) is 5.92 Å². The molecule has 1 rings (SSSR count). The van der Waals surface area contributed by atoms with Crippen molar-refractivity contribution >= 4 is 33.6 Å².